The normalized spacial score (nSPS) is 24.0. The molecular formula is C18H19N5. The quantitative estimate of drug-likeness (QED) is 0.790. The largest absolute Gasteiger partial charge is 0.368 e. The van der Waals surface area contributed by atoms with Crippen LogP contribution in [-0.4, -0.2) is 52.8 Å². The first-order chi connectivity index (χ1) is 11.3. The highest BCUT2D eigenvalue weighted by Crippen LogP contribution is 2.34. The van der Waals surface area contributed by atoms with Crippen LogP contribution in [0.25, 0.3) is 22.0 Å². The second-order valence-electron chi connectivity index (χ2n) is 6.78. The zero-order chi connectivity index (χ0) is 15.4. The zero-order valence-corrected chi connectivity index (χ0v) is 13.1. The molecule has 0 radical (unpaired) electrons. The number of rotatable bonds is 2. The summed E-state index contributed by atoms with van der Waals surface area (Å²) in [6.07, 6.45) is 5.80. The molecule has 1 aromatic carbocycles. The number of likely N-dealkylation sites (N-methyl/N-ethyl adjacent to an activating group) is 1. The van der Waals surface area contributed by atoms with Crippen molar-refractivity contribution in [1.82, 2.24) is 20.1 Å². The Bertz CT molecular complexity index is 870. The first-order valence-corrected chi connectivity index (χ1v) is 8.12. The number of fused-ring (bicyclic) bond motifs is 2. The highest BCUT2D eigenvalue weighted by Gasteiger charge is 2.43. The van der Waals surface area contributed by atoms with E-state index in [0.29, 0.717) is 0 Å². The van der Waals surface area contributed by atoms with Crippen LogP contribution in [0.5, 0.6) is 0 Å². The van der Waals surface area contributed by atoms with Gasteiger partial charge in [0.2, 0.25) is 0 Å². The Hall–Kier alpha value is -2.40. The maximum absolute atomic E-state index is 4.48. The molecule has 2 aromatic heterocycles. The highest BCUT2D eigenvalue weighted by molar-refractivity contribution is 5.84. The van der Waals surface area contributed by atoms with E-state index in [4.69, 9.17) is 0 Å². The van der Waals surface area contributed by atoms with E-state index in [9.17, 15) is 0 Å². The maximum atomic E-state index is 4.48. The maximum Gasteiger partial charge on any atom is 0.0650 e. The molecule has 23 heavy (non-hydrogen) atoms. The fourth-order valence-corrected chi connectivity index (χ4v) is 3.99. The molecule has 5 heteroatoms. The van der Waals surface area contributed by atoms with E-state index in [1.54, 1.807) is 0 Å². The van der Waals surface area contributed by atoms with Crippen molar-refractivity contribution in [2.24, 2.45) is 5.92 Å². The summed E-state index contributed by atoms with van der Waals surface area (Å²) < 4.78 is 0. The molecule has 3 aromatic rings. The van der Waals surface area contributed by atoms with E-state index < -0.39 is 0 Å². The van der Waals surface area contributed by atoms with Crippen LogP contribution in [0, 0.1) is 5.92 Å². The van der Waals surface area contributed by atoms with Gasteiger partial charge in [-0.05, 0) is 30.8 Å². The molecule has 0 aliphatic carbocycles. The van der Waals surface area contributed by atoms with Gasteiger partial charge in [-0.1, -0.05) is 6.07 Å². The fourth-order valence-electron chi connectivity index (χ4n) is 3.99. The van der Waals surface area contributed by atoms with Crippen molar-refractivity contribution in [2.75, 3.05) is 31.6 Å². The number of hydrogen-bond donors (Lipinski definition) is 1. The SMILES string of the molecule is CN1C[C@H]2CN(c3cncc(-c4ccc5[nH]ncc5c4)c3)C[C@H]21. The Morgan fingerprint density at radius 3 is 2.87 bits per heavy atom. The molecular weight excluding hydrogens is 286 g/mol. The highest BCUT2D eigenvalue weighted by atomic mass is 15.3. The average Bonchev–Trinajstić information content (AvgIpc) is 3.18. The lowest BCUT2D eigenvalue weighted by Gasteiger charge is -2.40. The monoisotopic (exact) mass is 305 g/mol. The second-order valence-corrected chi connectivity index (χ2v) is 6.78. The number of benzene rings is 1. The second kappa shape index (κ2) is 4.80. The van der Waals surface area contributed by atoms with Gasteiger partial charge in [0.15, 0.2) is 0 Å². The zero-order valence-electron chi connectivity index (χ0n) is 13.1. The Balaban J connectivity index is 1.48. The molecule has 4 heterocycles. The van der Waals surface area contributed by atoms with Crippen LogP contribution in [0.4, 0.5) is 5.69 Å². The molecule has 0 unspecified atom stereocenters. The number of H-pyrrole nitrogens is 1. The molecule has 0 saturated carbocycles. The molecule has 0 amide bonds. The first-order valence-electron chi connectivity index (χ1n) is 8.12. The molecule has 2 aliphatic rings. The summed E-state index contributed by atoms with van der Waals surface area (Å²) in [7, 11) is 2.22. The predicted octanol–water partition coefficient (Wildman–Crippen LogP) is 2.38. The Labute approximate surface area is 134 Å². The van der Waals surface area contributed by atoms with Gasteiger partial charge in [-0.3, -0.25) is 10.1 Å². The van der Waals surface area contributed by atoms with E-state index in [1.165, 1.54) is 23.4 Å². The Morgan fingerprint density at radius 1 is 1.04 bits per heavy atom. The van der Waals surface area contributed by atoms with Crippen molar-refractivity contribution in [1.29, 1.82) is 0 Å². The Kier molecular flexibility index (Phi) is 2.73. The van der Waals surface area contributed by atoms with E-state index in [0.717, 1.165) is 36.0 Å². The number of nitrogens with zero attached hydrogens (tertiary/aromatic N) is 4. The molecule has 1 N–H and O–H groups in total. The smallest absolute Gasteiger partial charge is 0.0650 e. The molecule has 2 aliphatic heterocycles. The number of hydrogen-bond acceptors (Lipinski definition) is 4. The number of aromatic amines is 1. The minimum absolute atomic E-state index is 0.723. The lowest BCUT2D eigenvalue weighted by Crippen LogP contribution is -2.52. The van der Waals surface area contributed by atoms with Gasteiger partial charge >= 0.3 is 0 Å². The van der Waals surface area contributed by atoms with Crippen molar-refractivity contribution in [3.05, 3.63) is 42.9 Å². The van der Waals surface area contributed by atoms with Gasteiger partial charge in [0.25, 0.3) is 0 Å². The molecule has 5 nitrogen and oxygen atoms in total. The van der Waals surface area contributed by atoms with Crippen LogP contribution in [-0.2, 0) is 0 Å². The standard InChI is InChI=1S/C18H19N5/c1-22-9-15-10-23(11-18(15)22)16-5-13(6-19-8-16)12-2-3-17-14(4-12)7-20-21-17/h2-8,15,18H,9-11H2,1H3,(H,20,21)/t15-,18+/m0/s1. The lowest BCUT2D eigenvalue weighted by molar-refractivity contribution is 0.0827. The van der Waals surface area contributed by atoms with Gasteiger partial charge < -0.3 is 9.80 Å². The van der Waals surface area contributed by atoms with Gasteiger partial charge in [-0.15, -0.1) is 0 Å². The summed E-state index contributed by atoms with van der Waals surface area (Å²) in [5.74, 6) is 0.825. The lowest BCUT2D eigenvalue weighted by atomic mass is 9.93. The summed E-state index contributed by atoms with van der Waals surface area (Å²) in [6, 6.07) is 9.36. The molecule has 116 valence electrons. The van der Waals surface area contributed by atoms with Crippen LogP contribution in [0.3, 0.4) is 0 Å². The third-order valence-electron chi connectivity index (χ3n) is 5.36. The van der Waals surface area contributed by atoms with Crippen LogP contribution in [0.1, 0.15) is 0 Å². The summed E-state index contributed by atoms with van der Waals surface area (Å²) in [5.41, 5.74) is 4.65. The molecule has 2 saturated heterocycles. The van der Waals surface area contributed by atoms with Crippen LogP contribution in [0.15, 0.2) is 42.9 Å². The van der Waals surface area contributed by atoms with E-state index >= 15 is 0 Å². The van der Waals surface area contributed by atoms with Crippen LogP contribution in [0.2, 0.25) is 0 Å². The van der Waals surface area contributed by atoms with Gasteiger partial charge in [-0.25, -0.2) is 0 Å². The Morgan fingerprint density at radius 2 is 2.00 bits per heavy atom. The summed E-state index contributed by atoms with van der Waals surface area (Å²) >= 11 is 0. The van der Waals surface area contributed by atoms with Crippen molar-refractivity contribution < 1.29 is 0 Å². The minimum atomic E-state index is 0.723. The number of aromatic nitrogens is 3. The molecule has 5 rings (SSSR count). The minimum Gasteiger partial charge on any atom is -0.368 e. The number of anilines is 1. The number of likely N-dealkylation sites (tertiary alicyclic amines) is 1. The van der Waals surface area contributed by atoms with E-state index in [2.05, 4.69) is 56.3 Å². The van der Waals surface area contributed by atoms with Gasteiger partial charge in [0, 0.05) is 48.7 Å². The summed E-state index contributed by atoms with van der Waals surface area (Å²) in [6.45, 7) is 3.50. The summed E-state index contributed by atoms with van der Waals surface area (Å²) in [4.78, 5) is 9.42. The van der Waals surface area contributed by atoms with E-state index in [1.807, 2.05) is 18.6 Å². The molecule has 0 bridgehead atoms. The topological polar surface area (TPSA) is 48.0 Å². The van der Waals surface area contributed by atoms with Gasteiger partial charge in [0.1, 0.15) is 0 Å². The van der Waals surface area contributed by atoms with Crippen LogP contribution >= 0.6 is 0 Å². The van der Waals surface area contributed by atoms with Crippen molar-refractivity contribution in [2.45, 2.75) is 6.04 Å². The third-order valence-corrected chi connectivity index (χ3v) is 5.36. The van der Waals surface area contributed by atoms with Crippen LogP contribution < -0.4 is 4.90 Å². The molecule has 2 fully saturated rings. The summed E-state index contributed by atoms with van der Waals surface area (Å²) in [5, 5.41) is 8.22. The van der Waals surface area contributed by atoms with Crippen molar-refractivity contribution >= 4 is 16.6 Å². The molecule has 0 spiro atoms. The average molecular weight is 305 g/mol. The van der Waals surface area contributed by atoms with Gasteiger partial charge in [0.05, 0.1) is 23.6 Å². The predicted molar refractivity (Wildman–Crippen MR) is 91.4 cm³/mol. The fraction of sp³-hybridized carbons (Fsp3) is 0.333. The van der Waals surface area contributed by atoms with Crippen molar-refractivity contribution in [3.63, 3.8) is 0 Å². The van der Waals surface area contributed by atoms with Gasteiger partial charge in [-0.2, -0.15) is 5.10 Å². The third kappa shape index (κ3) is 2.04. The van der Waals surface area contributed by atoms with Crippen molar-refractivity contribution in [3.8, 4) is 11.1 Å². The number of nitrogens with one attached hydrogen (secondary N) is 1. The first kappa shape index (κ1) is 13.1. The van der Waals surface area contributed by atoms with E-state index in [-0.39, 0.29) is 0 Å². The number of pyridine rings is 1. The molecule has 2 atom stereocenters.